The van der Waals surface area contributed by atoms with Crippen molar-refractivity contribution in [3.8, 4) is 5.75 Å². The van der Waals surface area contributed by atoms with Crippen molar-refractivity contribution in [3.63, 3.8) is 0 Å². The van der Waals surface area contributed by atoms with E-state index in [9.17, 15) is 10.1 Å². The Morgan fingerprint density at radius 1 is 1.45 bits per heavy atom. The molecule has 0 aliphatic carbocycles. The summed E-state index contributed by atoms with van der Waals surface area (Å²) in [6.45, 7) is 2.45. The van der Waals surface area contributed by atoms with E-state index in [1.807, 2.05) is 19.1 Å². The predicted molar refractivity (Wildman–Crippen MR) is 73.6 cm³/mol. The topological polar surface area (TPSA) is 77.5 Å². The number of nitrogens with one attached hydrogen (secondary N) is 1. The molecule has 20 heavy (non-hydrogen) atoms. The molecule has 2 rings (SSSR count). The summed E-state index contributed by atoms with van der Waals surface area (Å²) in [5, 5.41) is 14.1. The molecular formula is C14H16N2O4. The fourth-order valence-electron chi connectivity index (χ4n) is 1.88. The fraction of sp³-hybridized carbons (Fsp3) is 0.286. The Kier molecular flexibility index (Phi) is 4.37. The second kappa shape index (κ2) is 6.21. The van der Waals surface area contributed by atoms with Crippen molar-refractivity contribution < 1.29 is 14.1 Å². The molecule has 1 atom stereocenters. The molecule has 6 nitrogen and oxygen atoms in total. The summed E-state index contributed by atoms with van der Waals surface area (Å²) in [4.78, 5) is 10.4. The molecule has 0 saturated heterocycles. The average Bonchev–Trinajstić information content (AvgIpc) is 2.98. The van der Waals surface area contributed by atoms with Gasteiger partial charge in [0.1, 0.15) is 11.5 Å². The highest BCUT2D eigenvalue weighted by molar-refractivity contribution is 5.42. The van der Waals surface area contributed by atoms with Crippen LogP contribution in [-0.2, 0) is 6.54 Å². The van der Waals surface area contributed by atoms with Gasteiger partial charge < -0.3 is 14.5 Å². The lowest BCUT2D eigenvalue weighted by Crippen LogP contribution is -2.17. The molecule has 1 aromatic heterocycles. The maximum absolute atomic E-state index is 10.9. The van der Waals surface area contributed by atoms with E-state index in [4.69, 9.17) is 9.15 Å². The third kappa shape index (κ3) is 3.36. The van der Waals surface area contributed by atoms with E-state index in [0.29, 0.717) is 12.3 Å². The van der Waals surface area contributed by atoms with E-state index in [2.05, 4.69) is 5.32 Å². The third-order valence-electron chi connectivity index (χ3n) is 2.98. The summed E-state index contributed by atoms with van der Waals surface area (Å²) in [6, 6.07) is 8.43. The van der Waals surface area contributed by atoms with Crippen molar-refractivity contribution >= 4 is 5.69 Å². The van der Waals surface area contributed by atoms with Crippen LogP contribution in [0.25, 0.3) is 0 Å². The zero-order chi connectivity index (χ0) is 14.5. The van der Waals surface area contributed by atoms with Crippen molar-refractivity contribution in [2.45, 2.75) is 19.5 Å². The van der Waals surface area contributed by atoms with Gasteiger partial charge in [-0.2, -0.15) is 0 Å². The van der Waals surface area contributed by atoms with Gasteiger partial charge in [0.25, 0.3) is 5.69 Å². The van der Waals surface area contributed by atoms with Gasteiger partial charge >= 0.3 is 0 Å². The number of benzene rings is 1. The minimum absolute atomic E-state index is 0.0202. The first-order chi connectivity index (χ1) is 9.60. The standard InChI is InChI=1S/C14H16N2O4/c1-10(14-4-3-5-20-14)15-9-11-6-12(16(17)18)8-13(7-11)19-2/h3-8,10,15H,9H2,1-2H3/t10-/m1/s1. The summed E-state index contributed by atoms with van der Waals surface area (Å²) in [5.41, 5.74) is 0.807. The molecule has 0 amide bonds. The van der Waals surface area contributed by atoms with Crippen molar-refractivity contribution in [2.75, 3.05) is 7.11 Å². The van der Waals surface area contributed by atoms with Crippen LogP contribution in [0.2, 0.25) is 0 Å². The van der Waals surface area contributed by atoms with Crippen LogP contribution >= 0.6 is 0 Å². The Morgan fingerprint density at radius 3 is 2.85 bits per heavy atom. The molecule has 0 saturated carbocycles. The lowest BCUT2D eigenvalue weighted by molar-refractivity contribution is -0.385. The smallest absolute Gasteiger partial charge is 0.273 e. The number of nitro groups is 1. The molecule has 0 fully saturated rings. The zero-order valence-corrected chi connectivity index (χ0v) is 11.3. The Labute approximate surface area is 116 Å². The zero-order valence-electron chi connectivity index (χ0n) is 11.3. The molecule has 0 aliphatic heterocycles. The van der Waals surface area contributed by atoms with Crippen LogP contribution in [-0.4, -0.2) is 12.0 Å². The molecule has 0 aliphatic rings. The van der Waals surface area contributed by atoms with Crippen LogP contribution in [0.5, 0.6) is 5.75 Å². The van der Waals surface area contributed by atoms with Gasteiger partial charge in [0.2, 0.25) is 0 Å². The van der Waals surface area contributed by atoms with E-state index in [0.717, 1.165) is 11.3 Å². The van der Waals surface area contributed by atoms with Crippen molar-refractivity contribution in [1.82, 2.24) is 5.32 Å². The number of rotatable bonds is 6. The van der Waals surface area contributed by atoms with Gasteiger partial charge in [-0.3, -0.25) is 10.1 Å². The number of non-ortho nitro benzene ring substituents is 1. The van der Waals surface area contributed by atoms with Gasteiger partial charge in [0.05, 0.1) is 30.4 Å². The first-order valence-corrected chi connectivity index (χ1v) is 6.19. The van der Waals surface area contributed by atoms with Crippen LogP contribution in [0, 0.1) is 10.1 Å². The summed E-state index contributed by atoms with van der Waals surface area (Å²) in [5.74, 6) is 1.30. The molecule has 1 heterocycles. The summed E-state index contributed by atoms with van der Waals surface area (Å²) < 4.78 is 10.4. The summed E-state index contributed by atoms with van der Waals surface area (Å²) in [7, 11) is 1.49. The van der Waals surface area contributed by atoms with Gasteiger partial charge in [0, 0.05) is 12.6 Å². The second-order valence-corrected chi connectivity index (χ2v) is 4.41. The maximum atomic E-state index is 10.9. The Morgan fingerprint density at radius 2 is 2.25 bits per heavy atom. The number of hydrogen-bond donors (Lipinski definition) is 1. The monoisotopic (exact) mass is 276 g/mol. The first-order valence-electron chi connectivity index (χ1n) is 6.19. The first kappa shape index (κ1) is 14.1. The molecule has 2 aromatic rings. The highest BCUT2D eigenvalue weighted by Crippen LogP contribution is 2.23. The van der Waals surface area contributed by atoms with Crippen LogP contribution in [0.3, 0.4) is 0 Å². The quantitative estimate of drug-likeness (QED) is 0.648. The van der Waals surface area contributed by atoms with Crippen LogP contribution < -0.4 is 10.1 Å². The number of ether oxygens (including phenoxy) is 1. The number of nitrogens with zero attached hydrogens (tertiary/aromatic N) is 1. The van der Waals surface area contributed by atoms with E-state index in [1.165, 1.54) is 19.2 Å². The van der Waals surface area contributed by atoms with Crippen molar-refractivity contribution in [1.29, 1.82) is 0 Å². The lowest BCUT2D eigenvalue weighted by atomic mass is 10.1. The Hall–Kier alpha value is -2.34. The summed E-state index contributed by atoms with van der Waals surface area (Å²) in [6.07, 6.45) is 1.61. The molecule has 6 heteroatoms. The largest absolute Gasteiger partial charge is 0.496 e. The molecule has 106 valence electrons. The van der Waals surface area contributed by atoms with Crippen LogP contribution in [0.1, 0.15) is 24.3 Å². The predicted octanol–water partition coefficient (Wildman–Crippen LogP) is 3.05. The van der Waals surface area contributed by atoms with Crippen LogP contribution in [0.4, 0.5) is 5.69 Å². The van der Waals surface area contributed by atoms with Crippen molar-refractivity contribution in [2.24, 2.45) is 0 Å². The average molecular weight is 276 g/mol. The normalized spacial score (nSPS) is 12.1. The number of nitro benzene ring substituents is 1. The van der Waals surface area contributed by atoms with Gasteiger partial charge in [-0.15, -0.1) is 0 Å². The molecule has 0 unspecified atom stereocenters. The third-order valence-corrected chi connectivity index (χ3v) is 2.98. The van der Waals surface area contributed by atoms with Gasteiger partial charge in [0.15, 0.2) is 0 Å². The molecule has 1 N–H and O–H groups in total. The minimum Gasteiger partial charge on any atom is -0.496 e. The second-order valence-electron chi connectivity index (χ2n) is 4.41. The highest BCUT2D eigenvalue weighted by atomic mass is 16.6. The highest BCUT2D eigenvalue weighted by Gasteiger charge is 2.12. The summed E-state index contributed by atoms with van der Waals surface area (Å²) >= 11 is 0. The van der Waals surface area contributed by atoms with Gasteiger partial charge in [-0.05, 0) is 30.7 Å². The number of hydrogen-bond acceptors (Lipinski definition) is 5. The molecule has 0 radical (unpaired) electrons. The van der Waals surface area contributed by atoms with Crippen LogP contribution in [0.15, 0.2) is 41.0 Å². The number of methoxy groups -OCH3 is 1. The molecule has 1 aromatic carbocycles. The molecular weight excluding hydrogens is 260 g/mol. The Balaban J connectivity index is 2.09. The van der Waals surface area contributed by atoms with E-state index in [1.54, 1.807) is 12.3 Å². The Bertz CT molecular complexity index is 581. The van der Waals surface area contributed by atoms with Crippen molar-refractivity contribution in [3.05, 3.63) is 58.0 Å². The van der Waals surface area contributed by atoms with E-state index in [-0.39, 0.29) is 11.7 Å². The van der Waals surface area contributed by atoms with Gasteiger partial charge in [-0.25, -0.2) is 0 Å². The van der Waals surface area contributed by atoms with E-state index < -0.39 is 4.92 Å². The number of furan rings is 1. The van der Waals surface area contributed by atoms with E-state index >= 15 is 0 Å². The lowest BCUT2D eigenvalue weighted by Gasteiger charge is -2.12. The molecule has 0 spiro atoms. The SMILES string of the molecule is COc1cc(CN[C@H](C)c2ccco2)cc([N+](=O)[O-])c1. The minimum atomic E-state index is -0.429. The fourth-order valence-corrected chi connectivity index (χ4v) is 1.88. The van der Waals surface area contributed by atoms with Gasteiger partial charge in [-0.1, -0.05) is 0 Å². The molecule has 0 bridgehead atoms. The maximum Gasteiger partial charge on any atom is 0.273 e.